The highest BCUT2D eigenvalue weighted by Crippen LogP contribution is 2.36. The maximum Gasteiger partial charge on any atom is 0.116 e. The number of aromatic nitrogens is 2. The van der Waals surface area contributed by atoms with Crippen molar-refractivity contribution >= 4 is 11.8 Å². The van der Waals surface area contributed by atoms with Crippen molar-refractivity contribution in [3.8, 4) is 0 Å². The molecule has 0 fully saturated rings. The molecule has 0 aliphatic heterocycles. The second-order valence-corrected chi connectivity index (χ2v) is 6.19. The summed E-state index contributed by atoms with van der Waals surface area (Å²) in [5.74, 6) is 0. The molecule has 16 heavy (non-hydrogen) atoms. The Labute approximate surface area is 102 Å². The summed E-state index contributed by atoms with van der Waals surface area (Å²) in [6.07, 6.45) is 4.34. The van der Waals surface area contributed by atoms with Gasteiger partial charge in [-0.05, 0) is 17.9 Å². The fraction of sp³-hybridized carbons (Fsp3) is 0.667. The Kier molecular flexibility index (Phi) is 4.74. The van der Waals surface area contributed by atoms with E-state index in [9.17, 15) is 0 Å². The van der Waals surface area contributed by atoms with Crippen molar-refractivity contribution in [3.63, 3.8) is 0 Å². The van der Waals surface area contributed by atoms with Crippen molar-refractivity contribution in [3.05, 3.63) is 18.6 Å². The van der Waals surface area contributed by atoms with E-state index in [4.69, 9.17) is 5.73 Å². The molecule has 0 saturated carbocycles. The van der Waals surface area contributed by atoms with Crippen molar-refractivity contribution in [2.45, 2.75) is 50.4 Å². The first-order valence-corrected chi connectivity index (χ1v) is 6.51. The molecule has 1 aromatic rings. The Bertz CT molecular complexity index is 308. The third kappa shape index (κ3) is 3.76. The summed E-state index contributed by atoms with van der Waals surface area (Å²) >= 11 is 1.75. The predicted octanol–water partition coefficient (Wildman–Crippen LogP) is 2.72. The molecule has 2 atom stereocenters. The highest BCUT2D eigenvalue weighted by molar-refractivity contribution is 8.00. The topological polar surface area (TPSA) is 51.8 Å². The van der Waals surface area contributed by atoms with E-state index in [1.807, 2.05) is 6.07 Å². The zero-order valence-corrected chi connectivity index (χ0v) is 11.3. The number of hydrogen-bond acceptors (Lipinski definition) is 4. The van der Waals surface area contributed by atoms with Crippen molar-refractivity contribution in [2.75, 3.05) is 0 Å². The minimum absolute atomic E-state index is 0.172. The zero-order valence-electron chi connectivity index (χ0n) is 10.5. The Balaban J connectivity index is 2.80. The standard InChI is InChI=1S/C12H21N3S/c1-5-9(13)11(12(2,3)4)16-10-6-7-14-8-15-10/h6-9,11H,5,13H2,1-4H3. The second-order valence-electron chi connectivity index (χ2n) is 5.02. The van der Waals surface area contributed by atoms with Crippen LogP contribution in [0.1, 0.15) is 34.1 Å². The third-order valence-electron chi connectivity index (χ3n) is 2.52. The average Bonchev–Trinajstić information content (AvgIpc) is 2.25. The van der Waals surface area contributed by atoms with E-state index in [0.717, 1.165) is 11.4 Å². The molecular formula is C12H21N3S. The van der Waals surface area contributed by atoms with Crippen LogP contribution in [0.3, 0.4) is 0 Å². The molecule has 1 rings (SSSR count). The first-order chi connectivity index (χ1) is 7.45. The lowest BCUT2D eigenvalue weighted by atomic mass is 9.87. The van der Waals surface area contributed by atoms with Crippen LogP contribution >= 0.6 is 11.8 Å². The monoisotopic (exact) mass is 239 g/mol. The second kappa shape index (κ2) is 5.64. The highest BCUT2D eigenvalue weighted by atomic mass is 32.2. The third-order valence-corrected chi connectivity index (χ3v) is 4.31. The molecule has 0 aliphatic rings. The first kappa shape index (κ1) is 13.5. The molecule has 0 radical (unpaired) electrons. The smallest absolute Gasteiger partial charge is 0.116 e. The van der Waals surface area contributed by atoms with E-state index in [0.29, 0.717) is 5.25 Å². The van der Waals surface area contributed by atoms with Crippen molar-refractivity contribution in [2.24, 2.45) is 11.1 Å². The molecular weight excluding hydrogens is 218 g/mol. The Hall–Kier alpha value is -0.610. The molecule has 1 heterocycles. The normalized spacial score (nSPS) is 15.8. The Morgan fingerprint density at radius 2 is 2.12 bits per heavy atom. The summed E-state index contributed by atoms with van der Waals surface area (Å²) in [7, 11) is 0. The molecule has 0 aromatic carbocycles. The van der Waals surface area contributed by atoms with Gasteiger partial charge in [0.05, 0.1) is 5.03 Å². The van der Waals surface area contributed by atoms with Crippen LogP contribution < -0.4 is 5.73 Å². The van der Waals surface area contributed by atoms with Crippen LogP contribution in [0.4, 0.5) is 0 Å². The van der Waals surface area contributed by atoms with Gasteiger partial charge in [-0.3, -0.25) is 0 Å². The number of thioether (sulfide) groups is 1. The van der Waals surface area contributed by atoms with Gasteiger partial charge in [-0.2, -0.15) is 0 Å². The van der Waals surface area contributed by atoms with Crippen LogP contribution in [0.5, 0.6) is 0 Å². The molecule has 90 valence electrons. The summed E-state index contributed by atoms with van der Waals surface area (Å²) in [5, 5.41) is 1.37. The van der Waals surface area contributed by atoms with Gasteiger partial charge in [0, 0.05) is 17.5 Å². The Morgan fingerprint density at radius 1 is 1.44 bits per heavy atom. The number of nitrogens with two attached hydrogens (primary N) is 1. The molecule has 0 spiro atoms. The van der Waals surface area contributed by atoms with Gasteiger partial charge in [0.25, 0.3) is 0 Å². The molecule has 0 amide bonds. The molecule has 4 heteroatoms. The summed E-state index contributed by atoms with van der Waals surface area (Å²) < 4.78 is 0. The van der Waals surface area contributed by atoms with Crippen LogP contribution in [0.2, 0.25) is 0 Å². The fourth-order valence-electron chi connectivity index (χ4n) is 1.60. The summed E-state index contributed by atoms with van der Waals surface area (Å²) in [6, 6.07) is 2.13. The molecule has 0 aliphatic carbocycles. The molecule has 0 saturated heterocycles. The predicted molar refractivity (Wildman–Crippen MR) is 69.4 cm³/mol. The fourth-order valence-corrected chi connectivity index (χ4v) is 2.83. The Morgan fingerprint density at radius 3 is 2.56 bits per heavy atom. The zero-order chi connectivity index (χ0) is 12.2. The van der Waals surface area contributed by atoms with Crippen LogP contribution in [-0.4, -0.2) is 21.3 Å². The van der Waals surface area contributed by atoms with E-state index in [-0.39, 0.29) is 11.5 Å². The van der Waals surface area contributed by atoms with Crippen LogP contribution in [0.25, 0.3) is 0 Å². The average molecular weight is 239 g/mol. The molecule has 0 bridgehead atoms. The van der Waals surface area contributed by atoms with Gasteiger partial charge in [-0.1, -0.05) is 27.7 Å². The largest absolute Gasteiger partial charge is 0.327 e. The van der Waals surface area contributed by atoms with Gasteiger partial charge in [0.2, 0.25) is 0 Å². The minimum atomic E-state index is 0.172. The number of hydrogen-bond donors (Lipinski definition) is 1. The van der Waals surface area contributed by atoms with E-state index >= 15 is 0 Å². The van der Waals surface area contributed by atoms with Crippen LogP contribution in [0, 0.1) is 5.41 Å². The number of nitrogens with zero attached hydrogens (tertiary/aromatic N) is 2. The lowest BCUT2D eigenvalue weighted by molar-refractivity contribution is 0.350. The maximum atomic E-state index is 6.19. The quantitative estimate of drug-likeness (QED) is 0.648. The molecule has 1 aromatic heterocycles. The molecule has 2 unspecified atom stereocenters. The van der Waals surface area contributed by atoms with E-state index in [1.54, 1.807) is 24.3 Å². The van der Waals surface area contributed by atoms with Crippen molar-refractivity contribution < 1.29 is 0 Å². The minimum Gasteiger partial charge on any atom is -0.327 e. The molecule has 3 nitrogen and oxygen atoms in total. The first-order valence-electron chi connectivity index (χ1n) is 5.63. The van der Waals surface area contributed by atoms with Crippen molar-refractivity contribution in [1.82, 2.24) is 9.97 Å². The van der Waals surface area contributed by atoms with E-state index < -0.39 is 0 Å². The number of rotatable bonds is 4. The maximum absolute atomic E-state index is 6.19. The van der Waals surface area contributed by atoms with E-state index in [2.05, 4.69) is 37.7 Å². The van der Waals surface area contributed by atoms with Gasteiger partial charge in [-0.15, -0.1) is 11.8 Å². The van der Waals surface area contributed by atoms with Gasteiger partial charge in [0.1, 0.15) is 6.33 Å². The molecule has 2 N–H and O–H groups in total. The van der Waals surface area contributed by atoms with Gasteiger partial charge >= 0.3 is 0 Å². The lowest BCUT2D eigenvalue weighted by Crippen LogP contribution is -2.40. The SMILES string of the molecule is CCC(N)C(Sc1ccncn1)C(C)(C)C. The van der Waals surface area contributed by atoms with Gasteiger partial charge in [-0.25, -0.2) is 9.97 Å². The lowest BCUT2D eigenvalue weighted by Gasteiger charge is -2.34. The summed E-state index contributed by atoms with van der Waals surface area (Å²) in [5.41, 5.74) is 6.36. The van der Waals surface area contributed by atoms with Crippen LogP contribution in [-0.2, 0) is 0 Å². The van der Waals surface area contributed by atoms with Gasteiger partial charge < -0.3 is 5.73 Å². The van der Waals surface area contributed by atoms with Crippen molar-refractivity contribution in [1.29, 1.82) is 0 Å². The summed E-state index contributed by atoms with van der Waals surface area (Å²) in [6.45, 7) is 8.80. The van der Waals surface area contributed by atoms with Crippen LogP contribution in [0.15, 0.2) is 23.6 Å². The highest BCUT2D eigenvalue weighted by Gasteiger charge is 2.30. The van der Waals surface area contributed by atoms with E-state index in [1.165, 1.54) is 0 Å². The summed E-state index contributed by atoms with van der Waals surface area (Å²) in [4.78, 5) is 8.17. The van der Waals surface area contributed by atoms with Gasteiger partial charge in [0.15, 0.2) is 0 Å².